The Morgan fingerprint density at radius 2 is 1.82 bits per heavy atom. The fourth-order valence-corrected chi connectivity index (χ4v) is 1.83. The van der Waals surface area contributed by atoms with Gasteiger partial charge in [0, 0.05) is 13.0 Å². The molecule has 1 aromatic carbocycles. The third kappa shape index (κ3) is 3.77. The molecular formula is C14H21NO2. The van der Waals surface area contributed by atoms with Crippen LogP contribution in [0.2, 0.25) is 0 Å². The lowest BCUT2D eigenvalue weighted by Crippen LogP contribution is -2.37. The molecule has 3 nitrogen and oxygen atoms in total. The molecule has 0 heterocycles. The Balaban J connectivity index is 2.87. The van der Waals surface area contributed by atoms with Crippen LogP contribution in [0.4, 0.5) is 0 Å². The number of phenolic OH excluding ortho intramolecular Hbond substituents is 1. The van der Waals surface area contributed by atoms with Crippen molar-refractivity contribution in [3.05, 3.63) is 29.8 Å². The molecule has 94 valence electrons. The standard InChI is InChI=1S/C14H21NO2/c1-14(2,3)12(13(17)15-4)9-10-5-7-11(16)8-6-10/h5-8,12,16H,9H2,1-4H3,(H,15,17)/t12-/m1/s1. The molecule has 0 fully saturated rings. The molecule has 0 bridgehead atoms. The van der Waals surface area contributed by atoms with Gasteiger partial charge in [0.15, 0.2) is 0 Å². The van der Waals surface area contributed by atoms with Crippen LogP contribution in [0.15, 0.2) is 24.3 Å². The van der Waals surface area contributed by atoms with Crippen LogP contribution >= 0.6 is 0 Å². The summed E-state index contributed by atoms with van der Waals surface area (Å²) in [6, 6.07) is 7.02. The lowest BCUT2D eigenvalue weighted by molar-refractivity contribution is -0.127. The summed E-state index contributed by atoms with van der Waals surface area (Å²) in [5.41, 5.74) is 0.976. The highest BCUT2D eigenvalue weighted by atomic mass is 16.3. The summed E-state index contributed by atoms with van der Waals surface area (Å²) in [6.07, 6.45) is 0.684. The number of amides is 1. The van der Waals surface area contributed by atoms with E-state index in [-0.39, 0.29) is 23.0 Å². The average molecular weight is 235 g/mol. The lowest BCUT2D eigenvalue weighted by atomic mass is 9.76. The maximum Gasteiger partial charge on any atom is 0.223 e. The average Bonchev–Trinajstić information content (AvgIpc) is 2.25. The highest BCUT2D eigenvalue weighted by molar-refractivity contribution is 5.79. The van der Waals surface area contributed by atoms with Gasteiger partial charge in [-0.25, -0.2) is 0 Å². The summed E-state index contributed by atoms with van der Waals surface area (Å²) < 4.78 is 0. The molecule has 0 saturated heterocycles. The third-order valence-electron chi connectivity index (χ3n) is 2.98. The van der Waals surface area contributed by atoms with E-state index in [1.165, 1.54) is 0 Å². The van der Waals surface area contributed by atoms with Crippen molar-refractivity contribution in [2.75, 3.05) is 7.05 Å². The molecule has 0 radical (unpaired) electrons. The second-order valence-corrected chi connectivity index (χ2v) is 5.40. The van der Waals surface area contributed by atoms with E-state index in [1.807, 2.05) is 12.1 Å². The van der Waals surface area contributed by atoms with Gasteiger partial charge in [-0.2, -0.15) is 0 Å². The maximum absolute atomic E-state index is 11.9. The third-order valence-corrected chi connectivity index (χ3v) is 2.98. The number of phenols is 1. The smallest absolute Gasteiger partial charge is 0.223 e. The summed E-state index contributed by atoms with van der Waals surface area (Å²) in [4.78, 5) is 11.9. The number of benzene rings is 1. The van der Waals surface area contributed by atoms with Crippen molar-refractivity contribution in [3.63, 3.8) is 0 Å². The first-order valence-corrected chi connectivity index (χ1v) is 5.84. The molecule has 3 heteroatoms. The fraction of sp³-hybridized carbons (Fsp3) is 0.500. The molecule has 0 saturated carbocycles. The van der Waals surface area contributed by atoms with E-state index in [4.69, 9.17) is 0 Å². The van der Waals surface area contributed by atoms with Gasteiger partial charge in [0.25, 0.3) is 0 Å². The summed E-state index contributed by atoms with van der Waals surface area (Å²) in [5, 5.41) is 11.9. The quantitative estimate of drug-likeness (QED) is 0.845. The SMILES string of the molecule is CNC(=O)[C@@H](Cc1ccc(O)cc1)C(C)(C)C. The van der Waals surface area contributed by atoms with E-state index in [0.717, 1.165) is 5.56 Å². The van der Waals surface area contributed by atoms with Crippen molar-refractivity contribution >= 4 is 5.91 Å². The molecule has 2 N–H and O–H groups in total. The zero-order chi connectivity index (χ0) is 13.1. The Bertz CT molecular complexity index is 376. The topological polar surface area (TPSA) is 49.3 Å². The van der Waals surface area contributed by atoms with Gasteiger partial charge < -0.3 is 10.4 Å². The molecule has 1 amide bonds. The minimum absolute atomic E-state index is 0.0607. The number of nitrogens with one attached hydrogen (secondary N) is 1. The van der Waals surface area contributed by atoms with Crippen molar-refractivity contribution in [2.45, 2.75) is 27.2 Å². The Hall–Kier alpha value is -1.51. The monoisotopic (exact) mass is 235 g/mol. The second-order valence-electron chi connectivity index (χ2n) is 5.40. The number of carbonyl (C=O) groups is 1. The van der Waals surface area contributed by atoms with E-state index in [1.54, 1.807) is 19.2 Å². The normalized spacial score (nSPS) is 13.2. The molecular weight excluding hydrogens is 214 g/mol. The van der Waals surface area contributed by atoms with Crippen molar-refractivity contribution in [1.29, 1.82) is 0 Å². The van der Waals surface area contributed by atoms with Gasteiger partial charge in [-0.3, -0.25) is 4.79 Å². The zero-order valence-electron chi connectivity index (χ0n) is 10.9. The minimum Gasteiger partial charge on any atom is -0.508 e. The van der Waals surface area contributed by atoms with Crippen LogP contribution in [0.1, 0.15) is 26.3 Å². The minimum atomic E-state index is -0.0853. The van der Waals surface area contributed by atoms with Gasteiger partial charge in [0.1, 0.15) is 5.75 Å². The van der Waals surface area contributed by atoms with Crippen LogP contribution in [-0.2, 0) is 11.2 Å². The van der Waals surface area contributed by atoms with E-state index < -0.39 is 0 Å². The first kappa shape index (κ1) is 13.6. The summed E-state index contributed by atoms with van der Waals surface area (Å²) in [6.45, 7) is 6.19. The Labute approximate surface area is 103 Å². The molecule has 0 unspecified atom stereocenters. The van der Waals surface area contributed by atoms with Crippen LogP contribution in [0.5, 0.6) is 5.75 Å². The van der Waals surface area contributed by atoms with Crippen LogP contribution in [0, 0.1) is 11.3 Å². The van der Waals surface area contributed by atoms with Crippen LogP contribution in [-0.4, -0.2) is 18.1 Å². The molecule has 0 aliphatic heterocycles. The maximum atomic E-state index is 11.9. The molecule has 0 aliphatic carbocycles. The van der Waals surface area contributed by atoms with Crippen LogP contribution < -0.4 is 5.32 Å². The van der Waals surface area contributed by atoms with E-state index in [9.17, 15) is 9.90 Å². The molecule has 0 aromatic heterocycles. The van der Waals surface area contributed by atoms with Gasteiger partial charge >= 0.3 is 0 Å². The predicted octanol–water partition coefficient (Wildman–Crippen LogP) is 2.34. The van der Waals surface area contributed by atoms with E-state index in [2.05, 4.69) is 26.1 Å². The Kier molecular flexibility index (Phi) is 4.16. The summed E-state index contributed by atoms with van der Waals surface area (Å²) in [7, 11) is 1.66. The van der Waals surface area contributed by atoms with Crippen LogP contribution in [0.25, 0.3) is 0 Å². The Morgan fingerprint density at radius 1 is 1.29 bits per heavy atom. The molecule has 1 rings (SSSR count). The fourth-order valence-electron chi connectivity index (χ4n) is 1.83. The zero-order valence-corrected chi connectivity index (χ0v) is 10.9. The molecule has 17 heavy (non-hydrogen) atoms. The van der Waals surface area contributed by atoms with Crippen molar-refractivity contribution in [1.82, 2.24) is 5.32 Å². The molecule has 0 aliphatic rings. The van der Waals surface area contributed by atoms with Crippen LogP contribution in [0.3, 0.4) is 0 Å². The van der Waals surface area contributed by atoms with E-state index in [0.29, 0.717) is 6.42 Å². The van der Waals surface area contributed by atoms with Crippen molar-refractivity contribution < 1.29 is 9.90 Å². The second kappa shape index (κ2) is 5.21. The summed E-state index contributed by atoms with van der Waals surface area (Å²) >= 11 is 0. The highest BCUT2D eigenvalue weighted by Crippen LogP contribution is 2.29. The van der Waals surface area contributed by atoms with Gasteiger partial charge in [-0.1, -0.05) is 32.9 Å². The largest absolute Gasteiger partial charge is 0.508 e. The number of hydrogen-bond donors (Lipinski definition) is 2. The number of rotatable bonds is 3. The molecule has 1 aromatic rings. The number of hydrogen-bond acceptors (Lipinski definition) is 2. The number of carbonyl (C=O) groups excluding carboxylic acids is 1. The number of aromatic hydroxyl groups is 1. The van der Waals surface area contributed by atoms with Gasteiger partial charge in [0.05, 0.1) is 0 Å². The molecule has 0 spiro atoms. The predicted molar refractivity (Wildman–Crippen MR) is 68.8 cm³/mol. The molecule has 1 atom stereocenters. The lowest BCUT2D eigenvalue weighted by Gasteiger charge is -2.29. The summed E-state index contributed by atoms with van der Waals surface area (Å²) in [5.74, 6) is 0.239. The van der Waals surface area contributed by atoms with Gasteiger partial charge in [0.2, 0.25) is 5.91 Å². The van der Waals surface area contributed by atoms with E-state index >= 15 is 0 Å². The van der Waals surface area contributed by atoms with Crippen molar-refractivity contribution in [3.8, 4) is 5.75 Å². The van der Waals surface area contributed by atoms with Gasteiger partial charge in [-0.15, -0.1) is 0 Å². The first-order valence-electron chi connectivity index (χ1n) is 5.84. The highest BCUT2D eigenvalue weighted by Gasteiger charge is 2.30. The van der Waals surface area contributed by atoms with Gasteiger partial charge in [-0.05, 0) is 29.5 Å². The van der Waals surface area contributed by atoms with Crippen molar-refractivity contribution in [2.24, 2.45) is 11.3 Å². The Morgan fingerprint density at radius 3 is 2.24 bits per heavy atom. The first-order chi connectivity index (χ1) is 7.84.